The van der Waals surface area contributed by atoms with Gasteiger partial charge < -0.3 is 5.32 Å². The van der Waals surface area contributed by atoms with Crippen molar-refractivity contribution in [1.82, 2.24) is 0 Å². The Morgan fingerprint density at radius 1 is 1.22 bits per heavy atom. The molecule has 1 amide bonds. The number of rotatable bonds is 6. The molecule has 2 aromatic carbocycles. The van der Waals surface area contributed by atoms with Crippen LogP contribution in [0, 0.1) is 18.6 Å². The van der Waals surface area contributed by atoms with Gasteiger partial charge in [0.15, 0.2) is 0 Å². The zero-order valence-corrected chi connectivity index (χ0v) is 16.5. The van der Waals surface area contributed by atoms with Gasteiger partial charge in [-0.2, -0.15) is 0 Å². The maximum Gasteiger partial charge on any atom is 0.248 e. The number of carbonyl (C=O) groups excluding carboxylic acids is 1. The molecule has 0 aliphatic carbocycles. The molecular formula is C18H19ClF2N2O3S. The fourth-order valence-corrected chi connectivity index (χ4v) is 4.09. The summed E-state index contributed by atoms with van der Waals surface area (Å²) < 4.78 is 52.7. The van der Waals surface area contributed by atoms with E-state index in [0.717, 1.165) is 22.7 Å². The van der Waals surface area contributed by atoms with Gasteiger partial charge in [0.2, 0.25) is 15.9 Å². The highest BCUT2D eigenvalue weighted by Crippen LogP contribution is 2.29. The summed E-state index contributed by atoms with van der Waals surface area (Å²) in [5, 5.41) is 2.63. The Hall–Kier alpha value is -2.19. The normalized spacial score (nSPS) is 12.5. The predicted octanol–water partition coefficient (Wildman–Crippen LogP) is 4.11. The summed E-state index contributed by atoms with van der Waals surface area (Å²) in [5.74, 6) is -2.49. The number of anilines is 2. The minimum atomic E-state index is -3.86. The highest BCUT2D eigenvalue weighted by molar-refractivity contribution is 7.92. The van der Waals surface area contributed by atoms with Crippen LogP contribution in [-0.4, -0.2) is 26.6 Å². The maximum absolute atomic E-state index is 13.8. The molecule has 0 aromatic heterocycles. The highest BCUT2D eigenvalue weighted by atomic mass is 35.5. The van der Waals surface area contributed by atoms with Crippen LogP contribution in [0.2, 0.25) is 5.02 Å². The van der Waals surface area contributed by atoms with Gasteiger partial charge in [-0.05, 0) is 43.2 Å². The van der Waals surface area contributed by atoms with Crippen molar-refractivity contribution in [2.75, 3.05) is 15.9 Å². The Bertz CT molecular complexity index is 967. The van der Waals surface area contributed by atoms with E-state index in [1.807, 2.05) is 0 Å². The molecule has 5 nitrogen and oxygen atoms in total. The molecule has 0 unspecified atom stereocenters. The average Bonchev–Trinajstić information content (AvgIpc) is 2.56. The number of carbonyl (C=O) groups is 1. The van der Waals surface area contributed by atoms with E-state index >= 15 is 0 Å². The number of aryl methyl sites for hydroxylation is 1. The number of nitrogens with one attached hydrogen (secondary N) is 1. The van der Waals surface area contributed by atoms with Crippen LogP contribution in [0.5, 0.6) is 0 Å². The Balaban J connectivity index is 2.46. The Kier molecular flexibility index (Phi) is 6.43. The summed E-state index contributed by atoms with van der Waals surface area (Å²) >= 11 is 6.00. The molecule has 0 saturated carbocycles. The summed E-state index contributed by atoms with van der Waals surface area (Å²) in [6, 6.07) is 6.25. The van der Waals surface area contributed by atoms with E-state index in [-0.39, 0.29) is 17.8 Å². The standard InChI is InChI=1S/C18H19ClF2N2O3S/c1-4-16(18(24)22-15-8-7-13(20)10-14(15)21)23(27(3,25)26)17-9-12(19)6-5-11(17)2/h5-10,16H,4H2,1-3H3,(H,22,24)/t16-/m0/s1. The zero-order valence-electron chi connectivity index (χ0n) is 15.0. The van der Waals surface area contributed by atoms with Crippen molar-refractivity contribution >= 4 is 38.9 Å². The van der Waals surface area contributed by atoms with Crippen LogP contribution >= 0.6 is 11.6 Å². The van der Waals surface area contributed by atoms with Gasteiger partial charge in [0, 0.05) is 11.1 Å². The summed E-state index contributed by atoms with van der Waals surface area (Å²) in [7, 11) is -3.86. The van der Waals surface area contributed by atoms with Crippen LogP contribution in [0.3, 0.4) is 0 Å². The number of halogens is 3. The van der Waals surface area contributed by atoms with Crippen LogP contribution in [0.1, 0.15) is 18.9 Å². The van der Waals surface area contributed by atoms with Gasteiger partial charge >= 0.3 is 0 Å². The van der Waals surface area contributed by atoms with E-state index in [1.54, 1.807) is 26.0 Å². The lowest BCUT2D eigenvalue weighted by atomic mass is 10.1. The first-order valence-corrected chi connectivity index (χ1v) is 10.3. The molecule has 0 radical (unpaired) electrons. The van der Waals surface area contributed by atoms with Crippen molar-refractivity contribution in [2.24, 2.45) is 0 Å². The topological polar surface area (TPSA) is 66.5 Å². The minimum Gasteiger partial charge on any atom is -0.322 e. The van der Waals surface area contributed by atoms with Gasteiger partial charge in [-0.25, -0.2) is 17.2 Å². The van der Waals surface area contributed by atoms with Crippen molar-refractivity contribution in [1.29, 1.82) is 0 Å². The zero-order chi connectivity index (χ0) is 20.4. The molecular weight excluding hydrogens is 398 g/mol. The smallest absolute Gasteiger partial charge is 0.248 e. The second-order valence-corrected chi connectivity index (χ2v) is 8.32. The van der Waals surface area contributed by atoms with Crippen molar-refractivity contribution in [2.45, 2.75) is 26.3 Å². The number of amides is 1. The average molecular weight is 417 g/mol. The minimum absolute atomic E-state index is 0.119. The molecule has 1 N–H and O–H groups in total. The number of hydrogen-bond acceptors (Lipinski definition) is 3. The lowest BCUT2D eigenvalue weighted by Gasteiger charge is -2.31. The van der Waals surface area contributed by atoms with Crippen LogP contribution in [0.4, 0.5) is 20.2 Å². The molecule has 1 atom stereocenters. The van der Waals surface area contributed by atoms with Gasteiger partial charge in [-0.3, -0.25) is 9.10 Å². The molecule has 0 bridgehead atoms. The second kappa shape index (κ2) is 8.22. The van der Waals surface area contributed by atoms with Gasteiger partial charge in [0.1, 0.15) is 17.7 Å². The van der Waals surface area contributed by atoms with Crippen LogP contribution in [0.25, 0.3) is 0 Å². The van der Waals surface area contributed by atoms with Crippen LogP contribution < -0.4 is 9.62 Å². The summed E-state index contributed by atoms with van der Waals surface area (Å²) in [4.78, 5) is 12.7. The number of sulfonamides is 1. The van der Waals surface area contributed by atoms with E-state index in [2.05, 4.69) is 5.32 Å². The fourth-order valence-electron chi connectivity index (χ4n) is 2.66. The van der Waals surface area contributed by atoms with Gasteiger partial charge in [0.25, 0.3) is 0 Å². The largest absolute Gasteiger partial charge is 0.322 e. The summed E-state index contributed by atoms with van der Waals surface area (Å²) in [6.07, 6.45) is 1.09. The first-order valence-electron chi connectivity index (χ1n) is 8.06. The first kappa shape index (κ1) is 21.1. The fraction of sp³-hybridized carbons (Fsp3) is 0.278. The van der Waals surface area contributed by atoms with E-state index in [0.29, 0.717) is 16.7 Å². The van der Waals surface area contributed by atoms with Crippen LogP contribution in [-0.2, 0) is 14.8 Å². The lowest BCUT2D eigenvalue weighted by molar-refractivity contribution is -0.117. The third-order valence-corrected chi connectivity index (χ3v) is 5.33. The SMILES string of the molecule is CC[C@@H](C(=O)Nc1ccc(F)cc1F)N(c1cc(Cl)ccc1C)S(C)(=O)=O. The van der Waals surface area contributed by atoms with E-state index < -0.39 is 33.6 Å². The van der Waals surface area contributed by atoms with Crippen molar-refractivity contribution in [3.63, 3.8) is 0 Å². The molecule has 0 saturated heterocycles. The van der Waals surface area contributed by atoms with E-state index in [1.165, 1.54) is 6.07 Å². The Morgan fingerprint density at radius 2 is 1.89 bits per heavy atom. The molecule has 2 rings (SSSR count). The van der Waals surface area contributed by atoms with Crippen molar-refractivity contribution < 1.29 is 22.0 Å². The van der Waals surface area contributed by atoms with Crippen molar-refractivity contribution in [3.8, 4) is 0 Å². The summed E-state index contributed by atoms with van der Waals surface area (Å²) in [6.45, 7) is 3.32. The number of nitrogens with zero attached hydrogens (tertiary/aromatic N) is 1. The van der Waals surface area contributed by atoms with Crippen molar-refractivity contribution in [3.05, 3.63) is 58.6 Å². The molecule has 146 valence electrons. The first-order chi connectivity index (χ1) is 12.5. The molecule has 27 heavy (non-hydrogen) atoms. The molecule has 2 aromatic rings. The van der Waals surface area contributed by atoms with Gasteiger partial charge in [-0.1, -0.05) is 24.6 Å². The number of benzene rings is 2. The molecule has 0 aliphatic heterocycles. The Morgan fingerprint density at radius 3 is 2.44 bits per heavy atom. The highest BCUT2D eigenvalue weighted by Gasteiger charge is 2.33. The van der Waals surface area contributed by atoms with Gasteiger partial charge in [0.05, 0.1) is 17.6 Å². The maximum atomic E-state index is 13.8. The lowest BCUT2D eigenvalue weighted by Crippen LogP contribution is -2.47. The predicted molar refractivity (Wildman–Crippen MR) is 103 cm³/mol. The Labute approximate surface area is 162 Å². The molecule has 0 fully saturated rings. The quantitative estimate of drug-likeness (QED) is 0.770. The summed E-state index contributed by atoms with van der Waals surface area (Å²) in [5.41, 5.74) is 0.617. The third kappa shape index (κ3) is 4.95. The van der Waals surface area contributed by atoms with Gasteiger partial charge in [-0.15, -0.1) is 0 Å². The molecule has 0 aliphatic rings. The molecule has 0 heterocycles. The van der Waals surface area contributed by atoms with E-state index in [9.17, 15) is 22.0 Å². The number of hydrogen-bond donors (Lipinski definition) is 1. The molecule has 9 heteroatoms. The second-order valence-electron chi connectivity index (χ2n) is 6.03. The third-order valence-electron chi connectivity index (χ3n) is 3.93. The van der Waals surface area contributed by atoms with Crippen LogP contribution in [0.15, 0.2) is 36.4 Å². The molecule has 0 spiro atoms. The monoisotopic (exact) mass is 416 g/mol. The van der Waals surface area contributed by atoms with E-state index in [4.69, 9.17) is 11.6 Å².